The van der Waals surface area contributed by atoms with Gasteiger partial charge in [-0.1, -0.05) is 26.0 Å². The minimum atomic E-state index is 0.411. The number of terminal acetylenes is 1. The van der Waals surface area contributed by atoms with Crippen molar-refractivity contribution in [3.05, 3.63) is 12.2 Å². The van der Waals surface area contributed by atoms with Crippen LogP contribution in [0.1, 0.15) is 20.3 Å². The first-order valence-electron chi connectivity index (χ1n) is 3.88. The van der Waals surface area contributed by atoms with Crippen LogP contribution in [0.3, 0.4) is 0 Å². The summed E-state index contributed by atoms with van der Waals surface area (Å²) in [5.74, 6) is 4.58. The molecule has 0 amide bonds. The summed E-state index contributed by atoms with van der Waals surface area (Å²) in [6.07, 6.45) is 11.0. The van der Waals surface area contributed by atoms with Gasteiger partial charge in [0.15, 0.2) is 0 Å². The van der Waals surface area contributed by atoms with Crippen molar-refractivity contribution in [2.75, 3.05) is 0 Å². The van der Waals surface area contributed by atoms with E-state index < -0.39 is 0 Å². The Morgan fingerprint density at radius 3 is 2.80 bits per heavy atom. The summed E-state index contributed by atoms with van der Waals surface area (Å²) in [4.78, 5) is 0. The molecule has 1 rings (SSSR count). The van der Waals surface area contributed by atoms with E-state index >= 15 is 0 Å². The van der Waals surface area contributed by atoms with E-state index in [1.807, 2.05) is 0 Å². The monoisotopic (exact) mass is 134 g/mol. The maximum Gasteiger partial charge on any atom is 0.0237 e. The molecule has 1 aliphatic rings. The minimum absolute atomic E-state index is 0.411. The summed E-state index contributed by atoms with van der Waals surface area (Å²) < 4.78 is 0. The van der Waals surface area contributed by atoms with E-state index in [-0.39, 0.29) is 0 Å². The maximum absolute atomic E-state index is 5.33. The molecule has 0 heterocycles. The normalized spacial score (nSPS) is 33.7. The first-order chi connectivity index (χ1) is 4.75. The standard InChI is InChI=1S/C10H14/c1-4-8(2)10-7-5-6-9(10)3/h1,5,7-10H,6H2,2-3H3/t8-,9+,10?/m1/s1. The second kappa shape index (κ2) is 2.92. The molecule has 1 unspecified atom stereocenters. The summed E-state index contributed by atoms with van der Waals surface area (Å²) >= 11 is 0. The number of allylic oxidation sites excluding steroid dienone is 2. The van der Waals surface area contributed by atoms with Crippen molar-refractivity contribution in [2.24, 2.45) is 17.8 Å². The van der Waals surface area contributed by atoms with Gasteiger partial charge in [0.2, 0.25) is 0 Å². The van der Waals surface area contributed by atoms with Gasteiger partial charge in [-0.15, -0.1) is 12.3 Å². The van der Waals surface area contributed by atoms with Crippen LogP contribution in [-0.4, -0.2) is 0 Å². The van der Waals surface area contributed by atoms with Crippen molar-refractivity contribution in [3.8, 4) is 12.3 Å². The van der Waals surface area contributed by atoms with Crippen molar-refractivity contribution in [2.45, 2.75) is 20.3 Å². The van der Waals surface area contributed by atoms with Crippen LogP contribution in [0, 0.1) is 30.1 Å². The molecule has 0 fully saturated rings. The Labute approximate surface area is 63.3 Å². The molecule has 10 heavy (non-hydrogen) atoms. The van der Waals surface area contributed by atoms with E-state index in [1.165, 1.54) is 6.42 Å². The van der Waals surface area contributed by atoms with Crippen LogP contribution in [0.2, 0.25) is 0 Å². The van der Waals surface area contributed by atoms with Gasteiger partial charge >= 0.3 is 0 Å². The van der Waals surface area contributed by atoms with Gasteiger partial charge in [0.05, 0.1) is 0 Å². The van der Waals surface area contributed by atoms with E-state index in [0.717, 1.165) is 5.92 Å². The van der Waals surface area contributed by atoms with Gasteiger partial charge in [0.1, 0.15) is 0 Å². The molecule has 0 radical (unpaired) electrons. The molecule has 0 saturated carbocycles. The highest BCUT2D eigenvalue weighted by Crippen LogP contribution is 2.30. The molecule has 0 heteroatoms. The SMILES string of the molecule is C#C[C@@H](C)C1C=CC[C@@H]1C. The van der Waals surface area contributed by atoms with Gasteiger partial charge in [-0.3, -0.25) is 0 Å². The van der Waals surface area contributed by atoms with E-state index in [0.29, 0.717) is 11.8 Å². The van der Waals surface area contributed by atoms with Crippen molar-refractivity contribution in [1.29, 1.82) is 0 Å². The molecule has 0 spiro atoms. The van der Waals surface area contributed by atoms with Gasteiger partial charge < -0.3 is 0 Å². The van der Waals surface area contributed by atoms with Crippen LogP contribution in [0.25, 0.3) is 0 Å². The number of rotatable bonds is 1. The Hall–Kier alpha value is -0.700. The molecule has 0 aliphatic heterocycles. The van der Waals surface area contributed by atoms with Gasteiger partial charge in [-0.25, -0.2) is 0 Å². The Kier molecular flexibility index (Phi) is 2.17. The first kappa shape index (κ1) is 7.41. The lowest BCUT2D eigenvalue weighted by molar-refractivity contribution is 0.394. The molecule has 0 aromatic heterocycles. The summed E-state index contributed by atoms with van der Waals surface area (Å²) in [5, 5.41) is 0. The molecule has 0 bridgehead atoms. The molecule has 3 atom stereocenters. The Bertz CT molecular complexity index is 171. The fourth-order valence-corrected chi connectivity index (χ4v) is 1.57. The molecular weight excluding hydrogens is 120 g/mol. The second-order valence-corrected chi connectivity index (χ2v) is 3.17. The smallest absolute Gasteiger partial charge is 0.0237 e. The Morgan fingerprint density at radius 2 is 2.40 bits per heavy atom. The highest BCUT2D eigenvalue weighted by molar-refractivity contribution is 5.08. The van der Waals surface area contributed by atoms with E-state index in [9.17, 15) is 0 Å². The summed E-state index contributed by atoms with van der Waals surface area (Å²) in [5.41, 5.74) is 0. The Balaban J connectivity index is 2.57. The first-order valence-corrected chi connectivity index (χ1v) is 3.88. The number of hydrogen-bond donors (Lipinski definition) is 0. The predicted molar refractivity (Wildman–Crippen MR) is 44.4 cm³/mol. The molecular formula is C10H14. The van der Waals surface area contributed by atoms with Crippen LogP contribution in [0.4, 0.5) is 0 Å². The molecule has 54 valence electrons. The lowest BCUT2D eigenvalue weighted by Crippen LogP contribution is -2.11. The van der Waals surface area contributed by atoms with E-state index in [1.54, 1.807) is 0 Å². The van der Waals surface area contributed by atoms with Crippen LogP contribution in [0.15, 0.2) is 12.2 Å². The van der Waals surface area contributed by atoms with Crippen LogP contribution < -0.4 is 0 Å². The predicted octanol–water partition coefficient (Wildman–Crippen LogP) is 2.47. The van der Waals surface area contributed by atoms with Gasteiger partial charge in [0, 0.05) is 5.92 Å². The Morgan fingerprint density at radius 1 is 1.70 bits per heavy atom. The molecule has 1 aliphatic carbocycles. The van der Waals surface area contributed by atoms with Gasteiger partial charge in [-0.2, -0.15) is 0 Å². The zero-order valence-corrected chi connectivity index (χ0v) is 6.67. The van der Waals surface area contributed by atoms with Crippen molar-refractivity contribution >= 4 is 0 Å². The third kappa shape index (κ3) is 1.24. The molecule has 0 saturated heterocycles. The fourth-order valence-electron chi connectivity index (χ4n) is 1.57. The van der Waals surface area contributed by atoms with Crippen molar-refractivity contribution in [1.82, 2.24) is 0 Å². The molecule has 0 N–H and O–H groups in total. The zero-order valence-electron chi connectivity index (χ0n) is 6.67. The summed E-state index contributed by atoms with van der Waals surface area (Å²) in [6.45, 7) is 4.38. The average molecular weight is 134 g/mol. The highest BCUT2D eigenvalue weighted by Gasteiger charge is 2.22. The lowest BCUT2D eigenvalue weighted by Gasteiger charge is -2.17. The fraction of sp³-hybridized carbons (Fsp3) is 0.600. The third-order valence-electron chi connectivity index (χ3n) is 2.36. The quantitative estimate of drug-likeness (QED) is 0.382. The van der Waals surface area contributed by atoms with Gasteiger partial charge in [0.25, 0.3) is 0 Å². The molecule has 0 aromatic rings. The van der Waals surface area contributed by atoms with E-state index in [2.05, 4.69) is 31.9 Å². The zero-order chi connectivity index (χ0) is 7.56. The largest absolute Gasteiger partial charge is 0.120 e. The minimum Gasteiger partial charge on any atom is -0.120 e. The van der Waals surface area contributed by atoms with Crippen LogP contribution in [0.5, 0.6) is 0 Å². The maximum atomic E-state index is 5.33. The third-order valence-corrected chi connectivity index (χ3v) is 2.36. The van der Waals surface area contributed by atoms with Gasteiger partial charge in [-0.05, 0) is 18.3 Å². The van der Waals surface area contributed by atoms with Crippen molar-refractivity contribution < 1.29 is 0 Å². The summed E-state index contributed by atoms with van der Waals surface area (Å²) in [7, 11) is 0. The van der Waals surface area contributed by atoms with Crippen molar-refractivity contribution in [3.63, 3.8) is 0 Å². The highest BCUT2D eigenvalue weighted by atomic mass is 14.3. The summed E-state index contributed by atoms with van der Waals surface area (Å²) in [6, 6.07) is 0. The lowest BCUT2D eigenvalue weighted by atomic mass is 9.87. The topological polar surface area (TPSA) is 0 Å². The van der Waals surface area contributed by atoms with Crippen LogP contribution in [-0.2, 0) is 0 Å². The second-order valence-electron chi connectivity index (χ2n) is 3.17. The van der Waals surface area contributed by atoms with Crippen LogP contribution >= 0.6 is 0 Å². The number of hydrogen-bond acceptors (Lipinski definition) is 0. The average Bonchev–Trinajstić information content (AvgIpc) is 2.34. The van der Waals surface area contributed by atoms with E-state index in [4.69, 9.17) is 6.42 Å². The molecule has 0 aromatic carbocycles. The molecule has 0 nitrogen and oxygen atoms in total.